The Balaban J connectivity index is 2.73. The van der Waals surface area contributed by atoms with Crippen molar-refractivity contribution in [2.24, 2.45) is 11.1 Å². The molecule has 1 aromatic carbocycles. The number of aliphatic hydroxyl groups is 1. The summed E-state index contributed by atoms with van der Waals surface area (Å²) in [5.74, 6) is -0.245. The van der Waals surface area contributed by atoms with Crippen LogP contribution in [0.5, 0.6) is 0 Å². The summed E-state index contributed by atoms with van der Waals surface area (Å²) in [5.41, 5.74) is 6.45. The number of nitrogens with two attached hydrogens (primary N) is 1. The fourth-order valence-electron chi connectivity index (χ4n) is 1.57. The Hall–Kier alpha value is -1.39. The monoisotopic (exact) mass is 250 g/mol. The van der Waals surface area contributed by atoms with E-state index in [1.807, 2.05) is 51.1 Å². The maximum Gasteiger partial charge on any atom is 0.238 e. The van der Waals surface area contributed by atoms with E-state index in [2.05, 4.69) is 5.32 Å². The molecule has 0 bridgehead atoms. The van der Waals surface area contributed by atoms with E-state index in [0.29, 0.717) is 0 Å². The Morgan fingerprint density at radius 2 is 1.89 bits per heavy atom. The van der Waals surface area contributed by atoms with Crippen LogP contribution in [0.2, 0.25) is 0 Å². The summed E-state index contributed by atoms with van der Waals surface area (Å²) < 4.78 is 0. The number of benzene rings is 1. The first-order chi connectivity index (χ1) is 8.36. The van der Waals surface area contributed by atoms with Crippen LogP contribution < -0.4 is 11.1 Å². The Bertz CT molecular complexity index is 385. The summed E-state index contributed by atoms with van der Waals surface area (Å²) in [6.07, 6.45) is 0. The lowest BCUT2D eigenvalue weighted by Gasteiger charge is -2.28. The second kappa shape index (κ2) is 5.98. The highest BCUT2D eigenvalue weighted by Gasteiger charge is 2.28. The predicted molar refractivity (Wildman–Crippen MR) is 71.8 cm³/mol. The third kappa shape index (κ3) is 3.82. The highest BCUT2D eigenvalue weighted by Crippen LogP contribution is 2.19. The van der Waals surface area contributed by atoms with Gasteiger partial charge in [0.05, 0.1) is 18.7 Å². The SMILES string of the molecule is CC(C)(C)[C@H](N)C(=O)N[C@H](CO)c1ccccc1. The lowest BCUT2D eigenvalue weighted by Crippen LogP contribution is -2.49. The van der Waals surface area contributed by atoms with E-state index in [4.69, 9.17) is 5.73 Å². The molecule has 18 heavy (non-hydrogen) atoms. The first-order valence-corrected chi connectivity index (χ1v) is 6.08. The Morgan fingerprint density at radius 1 is 1.33 bits per heavy atom. The van der Waals surface area contributed by atoms with Gasteiger partial charge < -0.3 is 16.2 Å². The number of carbonyl (C=O) groups excluding carboxylic acids is 1. The largest absolute Gasteiger partial charge is 0.394 e. The molecule has 0 saturated carbocycles. The topological polar surface area (TPSA) is 75.4 Å². The molecule has 4 nitrogen and oxygen atoms in total. The van der Waals surface area contributed by atoms with E-state index in [9.17, 15) is 9.90 Å². The van der Waals surface area contributed by atoms with Crippen molar-refractivity contribution in [2.45, 2.75) is 32.9 Å². The van der Waals surface area contributed by atoms with Crippen molar-refractivity contribution in [3.05, 3.63) is 35.9 Å². The molecule has 1 amide bonds. The van der Waals surface area contributed by atoms with Gasteiger partial charge in [-0.2, -0.15) is 0 Å². The summed E-state index contributed by atoms with van der Waals surface area (Å²) in [7, 11) is 0. The molecule has 4 N–H and O–H groups in total. The maximum absolute atomic E-state index is 12.0. The molecule has 0 saturated heterocycles. The zero-order valence-electron chi connectivity index (χ0n) is 11.2. The maximum atomic E-state index is 12.0. The molecule has 1 rings (SSSR count). The van der Waals surface area contributed by atoms with Crippen molar-refractivity contribution < 1.29 is 9.90 Å². The second-order valence-corrected chi connectivity index (χ2v) is 5.50. The summed E-state index contributed by atoms with van der Waals surface area (Å²) in [6.45, 7) is 5.59. The molecule has 0 spiro atoms. The van der Waals surface area contributed by atoms with Gasteiger partial charge in [0.25, 0.3) is 0 Å². The Morgan fingerprint density at radius 3 is 2.33 bits per heavy atom. The van der Waals surface area contributed by atoms with E-state index in [1.165, 1.54) is 0 Å². The number of hydrogen-bond donors (Lipinski definition) is 3. The molecule has 100 valence electrons. The van der Waals surface area contributed by atoms with Crippen LogP contribution in [-0.4, -0.2) is 23.7 Å². The molecule has 0 aliphatic carbocycles. The van der Waals surface area contributed by atoms with E-state index in [-0.39, 0.29) is 17.9 Å². The lowest BCUT2D eigenvalue weighted by atomic mass is 9.86. The molecule has 0 fully saturated rings. The van der Waals surface area contributed by atoms with Gasteiger partial charge in [-0.3, -0.25) is 4.79 Å². The molecular weight excluding hydrogens is 228 g/mol. The molecule has 0 heterocycles. The van der Waals surface area contributed by atoms with E-state index in [1.54, 1.807) is 0 Å². The van der Waals surface area contributed by atoms with Crippen LogP contribution in [0.4, 0.5) is 0 Å². The molecule has 0 aliphatic rings. The van der Waals surface area contributed by atoms with Crippen molar-refractivity contribution in [1.82, 2.24) is 5.32 Å². The zero-order chi connectivity index (χ0) is 13.8. The van der Waals surface area contributed by atoms with Crippen molar-refractivity contribution in [2.75, 3.05) is 6.61 Å². The van der Waals surface area contributed by atoms with Gasteiger partial charge >= 0.3 is 0 Å². The van der Waals surface area contributed by atoms with Crippen molar-refractivity contribution in [3.63, 3.8) is 0 Å². The number of nitrogens with one attached hydrogen (secondary N) is 1. The highest BCUT2D eigenvalue weighted by molar-refractivity contribution is 5.82. The number of rotatable bonds is 4. The Kier molecular flexibility index (Phi) is 4.87. The van der Waals surface area contributed by atoms with Crippen molar-refractivity contribution >= 4 is 5.91 Å². The average Bonchev–Trinajstić information content (AvgIpc) is 2.34. The van der Waals surface area contributed by atoms with Gasteiger partial charge in [0.1, 0.15) is 0 Å². The molecule has 0 aliphatic heterocycles. The molecule has 0 aromatic heterocycles. The van der Waals surface area contributed by atoms with E-state index < -0.39 is 12.1 Å². The van der Waals surface area contributed by atoms with E-state index in [0.717, 1.165) is 5.56 Å². The standard InChI is InChI=1S/C14H22N2O2/c1-14(2,3)12(15)13(18)16-11(9-17)10-7-5-4-6-8-10/h4-8,11-12,17H,9,15H2,1-3H3,(H,16,18)/t11-,12-/m1/s1. The van der Waals surface area contributed by atoms with Crippen LogP contribution in [0.25, 0.3) is 0 Å². The third-order valence-corrected chi connectivity index (χ3v) is 2.92. The van der Waals surface area contributed by atoms with Gasteiger partial charge in [-0.25, -0.2) is 0 Å². The van der Waals surface area contributed by atoms with Gasteiger partial charge in [0, 0.05) is 0 Å². The molecule has 1 aromatic rings. The quantitative estimate of drug-likeness (QED) is 0.752. The molecular formula is C14H22N2O2. The fourth-order valence-corrected chi connectivity index (χ4v) is 1.57. The highest BCUT2D eigenvalue weighted by atomic mass is 16.3. The van der Waals surface area contributed by atoms with Crippen LogP contribution in [0, 0.1) is 5.41 Å². The normalized spacial score (nSPS) is 14.9. The van der Waals surface area contributed by atoms with Crippen molar-refractivity contribution in [3.8, 4) is 0 Å². The van der Waals surface area contributed by atoms with Gasteiger partial charge in [0.15, 0.2) is 0 Å². The van der Waals surface area contributed by atoms with Crippen molar-refractivity contribution in [1.29, 1.82) is 0 Å². The first-order valence-electron chi connectivity index (χ1n) is 6.08. The minimum absolute atomic E-state index is 0.146. The van der Waals surface area contributed by atoms with Crippen LogP contribution in [0.1, 0.15) is 32.4 Å². The Labute approximate surface area is 108 Å². The second-order valence-electron chi connectivity index (χ2n) is 5.50. The first kappa shape index (κ1) is 14.7. The fraction of sp³-hybridized carbons (Fsp3) is 0.500. The molecule has 2 atom stereocenters. The third-order valence-electron chi connectivity index (χ3n) is 2.92. The molecule has 0 unspecified atom stereocenters. The van der Waals surface area contributed by atoms with Gasteiger partial charge in [-0.15, -0.1) is 0 Å². The van der Waals surface area contributed by atoms with Crippen LogP contribution >= 0.6 is 0 Å². The average molecular weight is 250 g/mol. The van der Waals surface area contributed by atoms with Crippen LogP contribution in [-0.2, 0) is 4.79 Å². The zero-order valence-corrected chi connectivity index (χ0v) is 11.2. The summed E-state index contributed by atoms with van der Waals surface area (Å²) in [4.78, 5) is 12.0. The minimum Gasteiger partial charge on any atom is -0.394 e. The number of carbonyl (C=O) groups is 1. The molecule has 0 radical (unpaired) electrons. The number of aliphatic hydroxyl groups excluding tert-OH is 1. The summed E-state index contributed by atoms with van der Waals surface area (Å²) in [5, 5.41) is 12.1. The van der Waals surface area contributed by atoms with Gasteiger partial charge in [-0.1, -0.05) is 51.1 Å². The number of hydrogen-bond acceptors (Lipinski definition) is 3. The molecule has 4 heteroatoms. The van der Waals surface area contributed by atoms with Gasteiger partial charge in [-0.05, 0) is 11.0 Å². The van der Waals surface area contributed by atoms with E-state index >= 15 is 0 Å². The minimum atomic E-state index is -0.602. The van der Waals surface area contributed by atoms with Gasteiger partial charge in [0.2, 0.25) is 5.91 Å². The summed E-state index contributed by atoms with van der Waals surface area (Å²) >= 11 is 0. The smallest absolute Gasteiger partial charge is 0.238 e. The number of amides is 1. The summed E-state index contributed by atoms with van der Waals surface area (Å²) in [6, 6.07) is 8.35. The predicted octanol–water partition coefficient (Wildman–Crippen LogP) is 1.21. The van der Waals surface area contributed by atoms with Crippen LogP contribution in [0.15, 0.2) is 30.3 Å². The van der Waals surface area contributed by atoms with Crippen LogP contribution in [0.3, 0.4) is 0 Å². The lowest BCUT2D eigenvalue weighted by molar-refractivity contribution is -0.125.